The smallest absolute Gasteiger partial charge is 0.103 e. The number of hydrogen-bond donors (Lipinski definition) is 0. The van der Waals surface area contributed by atoms with Gasteiger partial charge in [-0.05, 0) is 39.9 Å². The molecule has 0 spiro atoms. The molecule has 0 bridgehead atoms. The van der Waals surface area contributed by atoms with E-state index in [0.29, 0.717) is 0 Å². The highest BCUT2D eigenvalue weighted by atomic mass is 79.9. The van der Waals surface area contributed by atoms with E-state index in [4.69, 9.17) is 0 Å². The maximum Gasteiger partial charge on any atom is 0.103 e. The highest BCUT2D eigenvalue weighted by Crippen LogP contribution is 2.31. The maximum atomic E-state index is 9.45. The van der Waals surface area contributed by atoms with Crippen LogP contribution in [0.4, 0.5) is 5.69 Å². The molecule has 5 heteroatoms. The van der Waals surface area contributed by atoms with Gasteiger partial charge in [-0.15, -0.1) is 23.1 Å². The van der Waals surface area contributed by atoms with Crippen LogP contribution >= 0.6 is 39.0 Å². The van der Waals surface area contributed by atoms with Crippen LogP contribution in [-0.4, -0.2) is 12.8 Å². The lowest BCUT2D eigenvalue weighted by molar-refractivity contribution is 0.933. The van der Waals surface area contributed by atoms with Crippen molar-refractivity contribution in [1.29, 1.82) is 5.26 Å². The van der Waals surface area contributed by atoms with Crippen molar-refractivity contribution in [2.24, 2.45) is 0 Å². The van der Waals surface area contributed by atoms with Crippen LogP contribution in [0.5, 0.6) is 0 Å². The molecule has 0 radical (unpaired) electrons. The second-order valence-corrected chi connectivity index (χ2v) is 7.50. The first kappa shape index (κ1) is 15.4. The number of nitrogens with zero attached hydrogens (tertiary/aromatic N) is 2. The van der Waals surface area contributed by atoms with E-state index in [9.17, 15) is 5.26 Å². The van der Waals surface area contributed by atoms with E-state index in [1.54, 1.807) is 23.1 Å². The zero-order chi connectivity index (χ0) is 14.5. The van der Waals surface area contributed by atoms with Crippen LogP contribution in [-0.2, 0) is 6.54 Å². The number of hydrogen-bond acceptors (Lipinski definition) is 4. The molecule has 0 amide bonds. The van der Waals surface area contributed by atoms with Crippen molar-refractivity contribution in [3.63, 3.8) is 0 Å². The Morgan fingerprint density at radius 1 is 1.45 bits per heavy atom. The Balaban J connectivity index is 2.27. The molecule has 0 unspecified atom stereocenters. The summed E-state index contributed by atoms with van der Waals surface area (Å²) in [5, 5.41) is 11.5. The third-order valence-corrected chi connectivity index (χ3v) is 5.46. The number of halogens is 1. The Morgan fingerprint density at radius 2 is 2.25 bits per heavy atom. The summed E-state index contributed by atoms with van der Waals surface area (Å²) < 4.78 is 1.11. The molecular formula is C15H15BrN2S2. The minimum absolute atomic E-state index is 0.775. The number of anilines is 1. The van der Waals surface area contributed by atoms with Crippen molar-refractivity contribution in [3.8, 4) is 6.07 Å². The summed E-state index contributed by atoms with van der Waals surface area (Å²) in [7, 11) is 2.03. The van der Waals surface area contributed by atoms with E-state index < -0.39 is 0 Å². The quantitative estimate of drug-likeness (QED) is 0.686. The molecule has 0 fully saturated rings. The van der Waals surface area contributed by atoms with Crippen LogP contribution in [0.3, 0.4) is 0 Å². The topological polar surface area (TPSA) is 27.0 Å². The SMILES string of the molecule is CCSc1cccc(N(C)Cc2cc(Br)cs2)c1C#N. The van der Waals surface area contributed by atoms with Gasteiger partial charge in [0.2, 0.25) is 0 Å². The zero-order valence-corrected chi connectivity index (χ0v) is 14.6. The van der Waals surface area contributed by atoms with Gasteiger partial charge in [0.15, 0.2) is 0 Å². The fourth-order valence-corrected chi connectivity index (χ4v) is 4.27. The Labute approximate surface area is 136 Å². The number of rotatable bonds is 5. The summed E-state index contributed by atoms with van der Waals surface area (Å²) in [6.07, 6.45) is 0. The van der Waals surface area contributed by atoms with Gasteiger partial charge in [-0.25, -0.2) is 0 Å². The molecule has 2 rings (SSSR count). The molecule has 1 aromatic carbocycles. The van der Waals surface area contributed by atoms with Gasteiger partial charge in [-0.2, -0.15) is 5.26 Å². The number of benzene rings is 1. The first-order valence-corrected chi connectivity index (χ1v) is 8.91. The third kappa shape index (κ3) is 3.57. The van der Waals surface area contributed by atoms with Crippen molar-refractivity contribution in [2.45, 2.75) is 18.4 Å². The molecule has 0 aliphatic carbocycles. The van der Waals surface area contributed by atoms with Crippen molar-refractivity contribution < 1.29 is 0 Å². The second-order valence-electron chi connectivity index (χ2n) is 4.28. The number of nitriles is 1. The average molecular weight is 367 g/mol. The lowest BCUT2D eigenvalue weighted by atomic mass is 10.1. The molecule has 0 saturated carbocycles. The van der Waals surface area contributed by atoms with Gasteiger partial charge < -0.3 is 4.90 Å². The van der Waals surface area contributed by atoms with Gasteiger partial charge in [-0.1, -0.05) is 13.0 Å². The lowest BCUT2D eigenvalue weighted by Crippen LogP contribution is -2.17. The monoisotopic (exact) mass is 366 g/mol. The zero-order valence-electron chi connectivity index (χ0n) is 11.4. The van der Waals surface area contributed by atoms with Crippen LogP contribution in [0.1, 0.15) is 17.4 Å². The van der Waals surface area contributed by atoms with Crippen molar-refractivity contribution >= 4 is 44.7 Å². The van der Waals surface area contributed by atoms with Crippen LogP contribution in [0.2, 0.25) is 0 Å². The first-order chi connectivity index (χ1) is 9.65. The largest absolute Gasteiger partial charge is 0.368 e. The van der Waals surface area contributed by atoms with E-state index in [1.165, 1.54) is 4.88 Å². The van der Waals surface area contributed by atoms with Gasteiger partial charge in [0.05, 0.1) is 17.8 Å². The summed E-state index contributed by atoms with van der Waals surface area (Å²) in [6.45, 7) is 2.91. The number of thioether (sulfide) groups is 1. The van der Waals surface area contributed by atoms with E-state index >= 15 is 0 Å². The van der Waals surface area contributed by atoms with Crippen LogP contribution in [0, 0.1) is 11.3 Å². The minimum atomic E-state index is 0.775. The summed E-state index contributed by atoms with van der Waals surface area (Å²) in [4.78, 5) is 4.47. The van der Waals surface area contributed by atoms with Crippen molar-refractivity contribution in [3.05, 3.63) is 44.6 Å². The van der Waals surface area contributed by atoms with Crippen LogP contribution in [0.15, 0.2) is 39.0 Å². The molecule has 2 aromatic rings. The summed E-state index contributed by atoms with van der Waals surface area (Å²) in [5.41, 5.74) is 1.77. The number of thiophene rings is 1. The highest BCUT2D eigenvalue weighted by molar-refractivity contribution is 9.10. The van der Waals surface area contributed by atoms with Crippen LogP contribution in [0.25, 0.3) is 0 Å². The molecule has 1 aromatic heterocycles. The Hall–Kier alpha value is -0.960. The Morgan fingerprint density at radius 3 is 2.85 bits per heavy atom. The maximum absolute atomic E-state index is 9.45. The predicted octanol–water partition coefficient (Wildman–Crippen LogP) is 5.13. The standard InChI is InChI=1S/C15H15BrN2S2/c1-3-19-15-6-4-5-14(13(15)8-17)18(2)9-12-7-11(16)10-20-12/h4-7,10H,3,9H2,1-2H3. The molecule has 1 heterocycles. The third-order valence-electron chi connectivity index (χ3n) is 2.84. The lowest BCUT2D eigenvalue weighted by Gasteiger charge is -2.21. The van der Waals surface area contributed by atoms with Crippen molar-refractivity contribution in [1.82, 2.24) is 0 Å². The van der Waals surface area contributed by atoms with Gasteiger partial charge in [0.1, 0.15) is 6.07 Å². The van der Waals surface area contributed by atoms with Gasteiger partial charge in [-0.3, -0.25) is 0 Å². The molecule has 0 aliphatic rings. The molecule has 2 nitrogen and oxygen atoms in total. The van der Waals surface area contributed by atoms with Gasteiger partial charge >= 0.3 is 0 Å². The van der Waals surface area contributed by atoms with E-state index in [2.05, 4.69) is 45.3 Å². The van der Waals surface area contributed by atoms with Crippen molar-refractivity contribution in [2.75, 3.05) is 17.7 Å². The molecule has 104 valence electrons. The van der Waals surface area contributed by atoms with Crippen LogP contribution < -0.4 is 4.90 Å². The van der Waals surface area contributed by atoms with E-state index in [0.717, 1.165) is 32.9 Å². The predicted molar refractivity (Wildman–Crippen MR) is 91.7 cm³/mol. The normalized spacial score (nSPS) is 10.3. The minimum Gasteiger partial charge on any atom is -0.368 e. The molecule has 20 heavy (non-hydrogen) atoms. The van der Waals surface area contributed by atoms with E-state index in [1.807, 2.05) is 25.2 Å². The first-order valence-electron chi connectivity index (χ1n) is 6.25. The Kier molecular flexibility index (Phi) is 5.53. The summed E-state index contributed by atoms with van der Waals surface area (Å²) >= 11 is 6.91. The molecule has 0 saturated heterocycles. The summed E-state index contributed by atoms with van der Waals surface area (Å²) in [5.74, 6) is 0.972. The average Bonchev–Trinajstić information content (AvgIpc) is 2.84. The molecule has 0 atom stereocenters. The second kappa shape index (κ2) is 7.16. The fourth-order valence-electron chi connectivity index (χ4n) is 1.98. The molecular weight excluding hydrogens is 352 g/mol. The fraction of sp³-hybridized carbons (Fsp3) is 0.267. The Bertz CT molecular complexity index is 631. The van der Waals surface area contributed by atoms with E-state index in [-0.39, 0.29) is 0 Å². The van der Waals surface area contributed by atoms with Gasteiger partial charge in [0, 0.05) is 26.7 Å². The highest BCUT2D eigenvalue weighted by Gasteiger charge is 2.12. The summed E-state index contributed by atoms with van der Waals surface area (Å²) in [6, 6.07) is 10.5. The molecule has 0 aliphatic heterocycles. The van der Waals surface area contributed by atoms with Gasteiger partial charge in [0.25, 0.3) is 0 Å². The molecule has 0 N–H and O–H groups in total.